The van der Waals surface area contributed by atoms with Crippen LogP contribution in [0.1, 0.15) is 34.6 Å². The number of Topliss-reactive ketones (excluding diaryl/α,β-unsaturated/α-hetero) is 1. The van der Waals surface area contributed by atoms with Crippen LogP contribution in [0.25, 0.3) is 0 Å². The second kappa shape index (κ2) is 9.87. The van der Waals surface area contributed by atoms with Crippen LogP contribution in [0, 0.1) is 0 Å². The van der Waals surface area contributed by atoms with Gasteiger partial charge in [-0.15, -0.1) is 0 Å². The highest BCUT2D eigenvalue weighted by Crippen LogP contribution is 2.24. The normalized spacial score (nSPS) is 11.3. The molecule has 2 rings (SSSR count). The fourth-order valence-electron chi connectivity index (χ4n) is 2.70. The van der Waals surface area contributed by atoms with E-state index in [4.69, 9.17) is 21.1 Å². The van der Waals surface area contributed by atoms with E-state index in [1.54, 1.807) is 38.1 Å². The number of ketones is 1. The number of sulfonamides is 1. The molecule has 0 aliphatic rings. The molecule has 0 unspecified atom stereocenters. The molecule has 9 heteroatoms. The molecule has 29 heavy (non-hydrogen) atoms. The van der Waals surface area contributed by atoms with E-state index in [-0.39, 0.29) is 34.1 Å². The predicted molar refractivity (Wildman–Crippen MR) is 109 cm³/mol. The summed E-state index contributed by atoms with van der Waals surface area (Å²) in [6.45, 7) is 3.47. The number of hydrogen-bond acceptors (Lipinski definition) is 6. The Balaban J connectivity index is 2.22. The summed E-state index contributed by atoms with van der Waals surface area (Å²) in [6.07, 6.45) is 0. The third-order valence-electron chi connectivity index (χ3n) is 4.24. The number of carbonyl (C=O) groups is 2. The Hall–Kier alpha value is -2.42. The summed E-state index contributed by atoms with van der Waals surface area (Å²) in [5.41, 5.74) is 0.138. The highest BCUT2D eigenvalue weighted by molar-refractivity contribution is 7.89. The zero-order valence-electron chi connectivity index (χ0n) is 16.3. The lowest BCUT2D eigenvalue weighted by Gasteiger charge is -2.19. The molecular formula is C20H22ClNO6S. The molecular weight excluding hydrogens is 418 g/mol. The molecule has 0 saturated heterocycles. The number of ether oxygens (including phenoxy) is 2. The smallest absolute Gasteiger partial charge is 0.340 e. The van der Waals surface area contributed by atoms with Crippen molar-refractivity contribution in [1.82, 2.24) is 4.31 Å². The van der Waals surface area contributed by atoms with Gasteiger partial charge < -0.3 is 9.47 Å². The summed E-state index contributed by atoms with van der Waals surface area (Å²) in [5, 5.41) is 0.0261. The quantitative estimate of drug-likeness (QED) is 0.439. The number of hydrogen-bond donors (Lipinski definition) is 0. The maximum atomic E-state index is 12.7. The average Bonchev–Trinajstić information content (AvgIpc) is 2.72. The molecule has 0 aliphatic carbocycles. The molecule has 2 aromatic rings. The summed E-state index contributed by atoms with van der Waals surface area (Å²) in [6, 6.07) is 10.3. The van der Waals surface area contributed by atoms with E-state index in [9.17, 15) is 18.0 Å². The van der Waals surface area contributed by atoms with Crippen molar-refractivity contribution >= 4 is 33.4 Å². The van der Waals surface area contributed by atoms with Gasteiger partial charge >= 0.3 is 5.97 Å². The summed E-state index contributed by atoms with van der Waals surface area (Å²) < 4.78 is 36.8. The van der Waals surface area contributed by atoms with Gasteiger partial charge in [0.1, 0.15) is 5.75 Å². The zero-order chi connectivity index (χ0) is 21.6. The molecule has 0 heterocycles. The van der Waals surface area contributed by atoms with Crippen molar-refractivity contribution in [2.45, 2.75) is 18.7 Å². The van der Waals surface area contributed by atoms with Crippen molar-refractivity contribution in [3.05, 3.63) is 58.6 Å². The summed E-state index contributed by atoms with van der Waals surface area (Å²) in [5.74, 6) is -0.993. The Bertz CT molecular complexity index is 1000. The lowest BCUT2D eigenvalue weighted by Crippen LogP contribution is -2.30. The summed E-state index contributed by atoms with van der Waals surface area (Å²) >= 11 is 6.05. The molecule has 2 aromatic carbocycles. The monoisotopic (exact) mass is 439 g/mol. The Labute approximate surface area is 175 Å². The summed E-state index contributed by atoms with van der Waals surface area (Å²) in [4.78, 5) is 24.7. The second-order valence-electron chi connectivity index (χ2n) is 5.93. The molecule has 0 radical (unpaired) electrons. The number of para-hydroxylation sites is 1. The fourth-order valence-corrected chi connectivity index (χ4v) is 4.37. The SMILES string of the molecule is CCN(CC)S(=O)(=O)c1ccc(Cl)c(C(=O)OCC(=O)c2ccccc2OC)c1. The topological polar surface area (TPSA) is 90.0 Å². The van der Waals surface area contributed by atoms with Crippen LogP contribution < -0.4 is 4.74 Å². The average molecular weight is 440 g/mol. The second-order valence-corrected chi connectivity index (χ2v) is 8.28. The first-order valence-electron chi connectivity index (χ1n) is 8.89. The van der Waals surface area contributed by atoms with E-state index in [0.717, 1.165) is 6.07 Å². The molecule has 0 aromatic heterocycles. The van der Waals surface area contributed by atoms with Gasteiger partial charge in [0.25, 0.3) is 0 Å². The van der Waals surface area contributed by atoms with Crippen LogP contribution in [0.15, 0.2) is 47.4 Å². The van der Waals surface area contributed by atoms with Gasteiger partial charge in [0.05, 0.1) is 28.2 Å². The molecule has 0 bridgehead atoms. The van der Waals surface area contributed by atoms with E-state index < -0.39 is 28.4 Å². The van der Waals surface area contributed by atoms with Crippen molar-refractivity contribution in [2.75, 3.05) is 26.8 Å². The maximum absolute atomic E-state index is 12.7. The van der Waals surface area contributed by atoms with Crippen LogP contribution in [0.3, 0.4) is 0 Å². The number of nitrogens with zero attached hydrogens (tertiary/aromatic N) is 1. The Kier molecular flexibility index (Phi) is 7.78. The van der Waals surface area contributed by atoms with Crippen LogP contribution in [0.2, 0.25) is 5.02 Å². The fraction of sp³-hybridized carbons (Fsp3) is 0.300. The number of esters is 1. The third kappa shape index (κ3) is 5.14. The van der Waals surface area contributed by atoms with Gasteiger partial charge in [-0.3, -0.25) is 4.79 Å². The number of rotatable bonds is 9. The first-order valence-corrected chi connectivity index (χ1v) is 10.7. The Morgan fingerprint density at radius 1 is 1.03 bits per heavy atom. The molecule has 156 valence electrons. The maximum Gasteiger partial charge on any atom is 0.340 e. The minimum absolute atomic E-state index is 0.0261. The van der Waals surface area contributed by atoms with E-state index >= 15 is 0 Å². The van der Waals surface area contributed by atoms with Crippen molar-refractivity contribution in [3.8, 4) is 5.75 Å². The lowest BCUT2D eigenvalue weighted by molar-refractivity contribution is 0.0474. The Morgan fingerprint density at radius 2 is 1.69 bits per heavy atom. The van der Waals surface area contributed by atoms with E-state index in [0.29, 0.717) is 5.75 Å². The van der Waals surface area contributed by atoms with Gasteiger partial charge in [-0.2, -0.15) is 4.31 Å². The Morgan fingerprint density at radius 3 is 2.31 bits per heavy atom. The van der Waals surface area contributed by atoms with Crippen LogP contribution in [-0.2, 0) is 14.8 Å². The first-order chi connectivity index (χ1) is 13.8. The van der Waals surface area contributed by atoms with E-state index in [1.165, 1.54) is 23.5 Å². The van der Waals surface area contributed by atoms with Crippen molar-refractivity contribution in [1.29, 1.82) is 0 Å². The minimum Gasteiger partial charge on any atom is -0.496 e. The van der Waals surface area contributed by atoms with Gasteiger partial charge in [-0.05, 0) is 30.3 Å². The third-order valence-corrected chi connectivity index (χ3v) is 6.62. The van der Waals surface area contributed by atoms with Crippen molar-refractivity contribution < 1.29 is 27.5 Å². The van der Waals surface area contributed by atoms with Crippen LogP contribution in [0.5, 0.6) is 5.75 Å². The number of benzene rings is 2. The predicted octanol–water partition coefficient (Wildman–Crippen LogP) is 3.42. The highest BCUT2D eigenvalue weighted by Gasteiger charge is 2.25. The van der Waals surface area contributed by atoms with Crippen molar-refractivity contribution in [3.63, 3.8) is 0 Å². The molecule has 0 atom stereocenters. The summed E-state index contributed by atoms with van der Waals surface area (Å²) in [7, 11) is -2.34. The first kappa shape index (κ1) is 22.9. The molecule has 0 aliphatic heterocycles. The molecule has 0 N–H and O–H groups in total. The molecule has 7 nitrogen and oxygen atoms in total. The van der Waals surface area contributed by atoms with E-state index in [2.05, 4.69) is 0 Å². The van der Waals surface area contributed by atoms with Gasteiger partial charge in [-0.1, -0.05) is 37.6 Å². The number of carbonyl (C=O) groups excluding carboxylic acids is 2. The highest BCUT2D eigenvalue weighted by atomic mass is 35.5. The van der Waals surface area contributed by atoms with Crippen LogP contribution in [0.4, 0.5) is 0 Å². The minimum atomic E-state index is -3.77. The van der Waals surface area contributed by atoms with Crippen LogP contribution in [-0.4, -0.2) is 51.3 Å². The van der Waals surface area contributed by atoms with Gasteiger partial charge in [0.2, 0.25) is 15.8 Å². The van der Waals surface area contributed by atoms with Crippen LogP contribution >= 0.6 is 11.6 Å². The van der Waals surface area contributed by atoms with Gasteiger partial charge in [0.15, 0.2) is 6.61 Å². The largest absolute Gasteiger partial charge is 0.496 e. The standard InChI is InChI=1S/C20H22ClNO6S/c1-4-22(5-2)29(25,26)14-10-11-17(21)16(12-14)20(24)28-13-18(23)15-8-6-7-9-19(15)27-3/h6-12H,4-5,13H2,1-3H3. The molecule has 0 amide bonds. The van der Waals surface area contributed by atoms with Crippen molar-refractivity contribution in [2.24, 2.45) is 0 Å². The van der Waals surface area contributed by atoms with Gasteiger partial charge in [0, 0.05) is 13.1 Å². The molecule has 0 saturated carbocycles. The number of methoxy groups -OCH3 is 1. The zero-order valence-corrected chi connectivity index (χ0v) is 17.9. The lowest BCUT2D eigenvalue weighted by atomic mass is 10.1. The van der Waals surface area contributed by atoms with Gasteiger partial charge in [-0.25, -0.2) is 13.2 Å². The van der Waals surface area contributed by atoms with E-state index in [1.807, 2.05) is 0 Å². The molecule has 0 fully saturated rings. The molecule has 0 spiro atoms. The number of halogens is 1.